The van der Waals surface area contributed by atoms with Crippen LogP contribution in [0.3, 0.4) is 0 Å². The number of phenols is 1. The number of nitrogens with two attached hydrogens (primary N) is 1. The maximum absolute atomic E-state index is 12.3. The minimum absolute atomic E-state index is 0.0321. The van der Waals surface area contributed by atoms with Gasteiger partial charge in [0.2, 0.25) is 17.2 Å². The van der Waals surface area contributed by atoms with E-state index in [1.54, 1.807) is 31.2 Å². The lowest BCUT2D eigenvalue weighted by molar-refractivity contribution is 0.480. The molecular formula is C27H25ClN8O7S2. The van der Waals surface area contributed by atoms with Gasteiger partial charge in [0.15, 0.2) is 5.75 Å². The topological polar surface area (TPSA) is 242 Å². The van der Waals surface area contributed by atoms with Crippen molar-refractivity contribution in [2.45, 2.75) is 23.1 Å². The predicted molar refractivity (Wildman–Crippen MR) is 168 cm³/mol. The number of fused-ring (bicyclic) bond motifs is 2. The average molecular weight is 673 g/mol. The molecule has 0 fully saturated rings. The largest absolute Gasteiger partial charge is 0.505 e. The Morgan fingerprint density at radius 3 is 2.36 bits per heavy atom. The van der Waals surface area contributed by atoms with E-state index in [9.17, 15) is 31.0 Å². The van der Waals surface area contributed by atoms with Gasteiger partial charge in [-0.3, -0.25) is 9.11 Å². The normalized spacial score (nSPS) is 12.3. The van der Waals surface area contributed by atoms with E-state index in [-0.39, 0.29) is 50.4 Å². The number of benzene rings is 4. The van der Waals surface area contributed by atoms with Gasteiger partial charge in [0, 0.05) is 17.3 Å². The van der Waals surface area contributed by atoms with Gasteiger partial charge in [0.05, 0.1) is 10.6 Å². The molecule has 0 bridgehead atoms. The van der Waals surface area contributed by atoms with Gasteiger partial charge in [-0.15, -0.1) is 10.2 Å². The smallest absolute Gasteiger partial charge is 0.297 e. The molecule has 4 aromatic carbocycles. The number of aromatic nitrogens is 3. The molecule has 0 atom stereocenters. The summed E-state index contributed by atoms with van der Waals surface area (Å²) >= 11 is 6.07. The zero-order valence-corrected chi connectivity index (χ0v) is 25.7. The second-order valence-electron chi connectivity index (χ2n) is 9.69. The van der Waals surface area contributed by atoms with E-state index in [0.717, 1.165) is 12.1 Å². The molecule has 0 aliphatic heterocycles. The van der Waals surface area contributed by atoms with Gasteiger partial charge < -0.3 is 21.5 Å². The summed E-state index contributed by atoms with van der Waals surface area (Å²) in [4.78, 5) is 11.2. The molecule has 0 spiro atoms. The summed E-state index contributed by atoms with van der Waals surface area (Å²) in [6.45, 7) is 2.40. The van der Waals surface area contributed by atoms with Crippen molar-refractivity contribution in [2.24, 2.45) is 16.0 Å². The molecule has 15 nitrogen and oxygen atoms in total. The fraction of sp³-hybridized carbons (Fsp3) is 0.148. The maximum atomic E-state index is 12.3. The Bertz CT molecular complexity index is 2220. The lowest BCUT2D eigenvalue weighted by atomic mass is 10.0. The third-order valence-corrected chi connectivity index (χ3v) is 8.49. The highest BCUT2D eigenvalue weighted by Crippen LogP contribution is 2.44. The van der Waals surface area contributed by atoms with E-state index in [4.69, 9.17) is 17.3 Å². The summed E-state index contributed by atoms with van der Waals surface area (Å²) in [7, 11) is -9.45. The van der Waals surface area contributed by atoms with Crippen LogP contribution in [0.15, 0.2) is 74.6 Å². The number of phenolic OH excluding ortho intramolecular Hbond substituents is 1. The van der Waals surface area contributed by atoms with Crippen LogP contribution in [0.2, 0.25) is 5.28 Å². The number of halogens is 1. The number of nitrogens with zero attached hydrogens (tertiary/aromatic N) is 5. The van der Waals surface area contributed by atoms with Crippen LogP contribution >= 0.6 is 11.6 Å². The molecule has 0 unspecified atom stereocenters. The maximum Gasteiger partial charge on any atom is 0.297 e. The van der Waals surface area contributed by atoms with Crippen molar-refractivity contribution >= 4 is 82.3 Å². The number of rotatable bonds is 10. The van der Waals surface area contributed by atoms with Crippen molar-refractivity contribution in [3.05, 3.63) is 65.4 Å². The molecule has 7 N–H and O–H groups in total. The minimum atomic E-state index is -4.74. The quantitative estimate of drug-likeness (QED) is 0.0631. The molecule has 1 aromatic heterocycles. The van der Waals surface area contributed by atoms with Crippen LogP contribution in [0.4, 0.5) is 29.0 Å². The molecular weight excluding hydrogens is 648 g/mol. The highest BCUT2D eigenvalue weighted by Gasteiger charge is 2.22. The number of azo groups is 1. The summed E-state index contributed by atoms with van der Waals surface area (Å²) in [5.74, 6) is -0.509. The fourth-order valence-corrected chi connectivity index (χ4v) is 6.13. The predicted octanol–water partition coefficient (Wildman–Crippen LogP) is 5.26. The highest BCUT2D eigenvalue weighted by molar-refractivity contribution is 7.86. The number of anilines is 3. The SMILES string of the molecule is Cc1cc2cc(S(=O)(=O)O)cc(Nc3nc(Cl)nc(NCCCN)n3)c2c(O)c1N=Nc1ccc2ccccc2c1S(=O)(=O)O. The standard InChI is InChI=1S/C27H25ClN8O7S2/c1-14-11-16-12-17(44(38,39)40)13-20(31-27-33-25(28)32-26(34-27)30-10-4-9-29)21(16)23(37)22(14)36-35-19-8-7-15-5-2-3-6-18(15)24(19)45(41,42)43/h2-3,5-8,11-13,37H,4,9-10,29H2,1H3,(H,38,39,40)(H,41,42,43)(H2,30,31,32,33,34). The number of hydrogen-bond donors (Lipinski definition) is 6. The fourth-order valence-electron chi connectivity index (χ4n) is 4.59. The molecule has 1 heterocycles. The van der Waals surface area contributed by atoms with Crippen LogP contribution in [0.25, 0.3) is 21.5 Å². The van der Waals surface area contributed by atoms with Crippen molar-refractivity contribution in [1.29, 1.82) is 0 Å². The summed E-state index contributed by atoms with van der Waals surface area (Å²) in [5, 5.41) is 26.1. The molecule has 0 saturated carbocycles. The minimum Gasteiger partial charge on any atom is -0.505 e. The van der Waals surface area contributed by atoms with Crippen LogP contribution in [0.5, 0.6) is 5.75 Å². The van der Waals surface area contributed by atoms with E-state index in [0.29, 0.717) is 30.5 Å². The first-order valence-electron chi connectivity index (χ1n) is 13.1. The molecule has 0 aliphatic rings. The molecule has 45 heavy (non-hydrogen) atoms. The number of aryl methyl sites for hydroxylation is 1. The van der Waals surface area contributed by atoms with E-state index in [1.807, 2.05) is 0 Å². The Morgan fingerprint density at radius 1 is 0.911 bits per heavy atom. The van der Waals surface area contributed by atoms with Gasteiger partial charge in [0.25, 0.3) is 20.2 Å². The van der Waals surface area contributed by atoms with E-state index >= 15 is 0 Å². The monoisotopic (exact) mass is 672 g/mol. The molecule has 234 valence electrons. The second kappa shape index (κ2) is 12.5. The van der Waals surface area contributed by atoms with E-state index in [2.05, 4.69) is 35.8 Å². The van der Waals surface area contributed by atoms with Crippen LogP contribution in [0.1, 0.15) is 12.0 Å². The third kappa shape index (κ3) is 6.93. The Balaban J connectivity index is 1.67. The van der Waals surface area contributed by atoms with Gasteiger partial charge in [-0.05, 0) is 72.1 Å². The molecule has 5 rings (SSSR count). The zero-order valence-electron chi connectivity index (χ0n) is 23.3. The van der Waals surface area contributed by atoms with Gasteiger partial charge in [-0.25, -0.2) is 0 Å². The van der Waals surface area contributed by atoms with Crippen LogP contribution in [-0.2, 0) is 20.2 Å². The Labute approximate surface area is 261 Å². The van der Waals surface area contributed by atoms with Crippen molar-refractivity contribution in [3.63, 3.8) is 0 Å². The number of hydrogen-bond acceptors (Lipinski definition) is 13. The summed E-state index contributed by atoms with van der Waals surface area (Å²) < 4.78 is 68.7. The second-order valence-corrected chi connectivity index (χ2v) is 12.8. The van der Waals surface area contributed by atoms with Gasteiger partial charge in [-0.2, -0.15) is 31.8 Å². The molecule has 0 radical (unpaired) electrons. The molecule has 18 heteroatoms. The van der Waals surface area contributed by atoms with Gasteiger partial charge in [0.1, 0.15) is 16.3 Å². The van der Waals surface area contributed by atoms with Crippen molar-refractivity contribution in [1.82, 2.24) is 15.0 Å². The van der Waals surface area contributed by atoms with Crippen LogP contribution in [0, 0.1) is 6.92 Å². The van der Waals surface area contributed by atoms with Gasteiger partial charge >= 0.3 is 0 Å². The lowest BCUT2D eigenvalue weighted by Crippen LogP contribution is -2.12. The average Bonchev–Trinajstić information content (AvgIpc) is 2.95. The molecule has 0 aliphatic carbocycles. The van der Waals surface area contributed by atoms with E-state index in [1.165, 1.54) is 18.2 Å². The lowest BCUT2D eigenvalue weighted by Gasteiger charge is -2.15. The Kier molecular flexibility index (Phi) is 8.83. The first-order chi connectivity index (χ1) is 21.3. The molecule has 0 saturated heterocycles. The zero-order chi connectivity index (χ0) is 32.5. The summed E-state index contributed by atoms with van der Waals surface area (Å²) in [5.41, 5.74) is 5.48. The number of nitrogens with one attached hydrogen (secondary N) is 2. The van der Waals surface area contributed by atoms with E-state index < -0.39 is 35.8 Å². The van der Waals surface area contributed by atoms with Crippen molar-refractivity contribution in [3.8, 4) is 5.75 Å². The highest BCUT2D eigenvalue weighted by atomic mass is 35.5. The summed E-state index contributed by atoms with van der Waals surface area (Å²) in [6, 6.07) is 13.1. The number of aromatic hydroxyl groups is 1. The third-order valence-electron chi connectivity index (χ3n) is 6.54. The summed E-state index contributed by atoms with van der Waals surface area (Å²) in [6.07, 6.45) is 0.614. The molecule has 5 aromatic rings. The van der Waals surface area contributed by atoms with Crippen LogP contribution in [-0.4, -0.2) is 59.1 Å². The Hall–Kier alpha value is -4.52. The van der Waals surface area contributed by atoms with Crippen molar-refractivity contribution in [2.75, 3.05) is 23.7 Å². The molecule has 0 amide bonds. The Morgan fingerprint density at radius 2 is 1.64 bits per heavy atom. The first-order valence-corrected chi connectivity index (χ1v) is 16.3. The van der Waals surface area contributed by atoms with Gasteiger partial charge in [-0.1, -0.05) is 30.3 Å². The van der Waals surface area contributed by atoms with Crippen molar-refractivity contribution < 1.29 is 31.0 Å². The van der Waals surface area contributed by atoms with Crippen LogP contribution < -0.4 is 16.4 Å². The first kappa shape index (κ1) is 31.9.